The molecule has 0 radical (unpaired) electrons. The van der Waals surface area contributed by atoms with E-state index < -0.39 is 6.04 Å². The van der Waals surface area contributed by atoms with Gasteiger partial charge in [0.2, 0.25) is 0 Å². The molecule has 0 aromatic carbocycles. The maximum atomic E-state index is 11.5. The number of aliphatic hydroxyl groups is 1. The van der Waals surface area contributed by atoms with E-state index in [0.29, 0.717) is 0 Å². The van der Waals surface area contributed by atoms with Crippen molar-refractivity contribution in [3.8, 4) is 0 Å². The molecule has 7 heteroatoms. The molecular weight excluding hydrogens is 200 g/mol. The summed E-state index contributed by atoms with van der Waals surface area (Å²) in [6.45, 7) is 0.0507. The van der Waals surface area contributed by atoms with Crippen LogP contribution in [0.25, 0.3) is 0 Å². The zero-order valence-corrected chi connectivity index (χ0v) is 8.36. The Bertz CT molecular complexity index is 325. The zero-order chi connectivity index (χ0) is 11.3. The van der Waals surface area contributed by atoms with Crippen LogP contribution in [0, 0.1) is 0 Å². The number of rotatable bonds is 5. The van der Waals surface area contributed by atoms with Crippen LogP contribution in [0.4, 0.5) is 5.82 Å². The van der Waals surface area contributed by atoms with Crippen LogP contribution in [0.3, 0.4) is 0 Å². The maximum absolute atomic E-state index is 11.5. The lowest BCUT2D eigenvalue weighted by Crippen LogP contribution is -2.40. The SMILES string of the molecule is COCC(CO)NC(=O)c1cc(N)n[nH]1. The summed E-state index contributed by atoms with van der Waals surface area (Å²) in [4.78, 5) is 11.5. The highest BCUT2D eigenvalue weighted by atomic mass is 16.5. The van der Waals surface area contributed by atoms with Gasteiger partial charge in [0.25, 0.3) is 5.91 Å². The zero-order valence-electron chi connectivity index (χ0n) is 8.36. The number of nitrogens with zero attached hydrogens (tertiary/aromatic N) is 1. The van der Waals surface area contributed by atoms with Crippen molar-refractivity contribution in [1.29, 1.82) is 0 Å². The minimum atomic E-state index is -0.438. The second kappa shape index (κ2) is 5.32. The third-order valence-electron chi connectivity index (χ3n) is 1.77. The molecule has 1 atom stereocenters. The fourth-order valence-electron chi connectivity index (χ4n) is 1.06. The van der Waals surface area contributed by atoms with Crippen LogP contribution in [0.1, 0.15) is 10.5 Å². The number of aromatic nitrogens is 2. The highest BCUT2D eigenvalue weighted by Gasteiger charge is 2.14. The number of anilines is 1. The molecule has 1 rings (SSSR count). The monoisotopic (exact) mass is 214 g/mol. The summed E-state index contributed by atoms with van der Waals surface area (Å²) in [7, 11) is 1.49. The number of ether oxygens (including phenoxy) is 1. The first-order chi connectivity index (χ1) is 7.17. The van der Waals surface area contributed by atoms with Crippen molar-refractivity contribution in [2.24, 2.45) is 0 Å². The summed E-state index contributed by atoms with van der Waals surface area (Å²) in [5, 5.41) is 17.6. The van der Waals surface area contributed by atoms with E-state index in [1.165, 1.54) is 13.2 Å². The molecule has 1 amide bonds. The fraction of sp³-hybridized carbons (Fsp3) is 0.500. The average molecular weight is 214 g/mol. The number of carbonyl (C=O) groups excluding carboxylic acids is 1. The molecule has 0 saturated heterocycles. The van der Waals surface area contributed by atoms with Gasteiger partial charge in [-0.25, -0.2) is 0 Å². The normalized spacial score (nSPS) is 12.4. The molecule has 7 nitrogen and oxygen atoms in total. The summed E-state index contributed by atoms with van der Waals surface area (Å²) in [5.74, 6) is -0.136. The van der Waals surface area contributed by atoms with Gasteiger partial charge in [-0.05, 0) is 0 Å². The quantitative estimate of drug-likeness (QED) is 0.488. The second-order valence-electron chi connectivity index (χ2n) is 3.01. The van der Waals surface area contributed by atoms with E-state index in [0.717, 1.165) is 0 Å². The first kappa shape index (κ1) is 11.5. The highest BCUT2D eigenvalue weighted by molar-refractivity contribution is 5.93. The number of amides is 1. The first-order valence-electron chi connectivity index (χ1n) is 4.39. The van der Waals surface area contributed by atoms with Crippen molar-refractivity contribution in [2.75, 3.05) is 26.1 Å². The molecule has 1 unspecified atom stereocenters. The van der Waals surface area contributed by atoms with Crippen molar-refractivity contribution < 1.29 is 14.6 Å². The summed E-state index contributed by atoms with van der Waals surface area (Å²) in [6, 6.07) is 0.975. The van der Waals surface area contributed by atoms with Gasteiger partial charge >= 0.3 is 0 Å². The van der Waals surface area contributed by atoms with Crippen molar-refractivity contribution in [2.45, 2.75) is 6.04 Å². The van der Waals surface area contributed by atoms with Gasteiger partial charge < -0.3 is 20.9 Å². The molecule has 15 heavy (non-hydrogen) atoms. The Labute approximate surface area is 86.6 Å². The van der Waals surface area contributed by atoms with Crippen LogP contribution in [-0.2, 0) is 4.74 Å². The lowest BCUT2D eigenvalue weighted by Gasteiger charge is -2.14. The molecule has 84 valence electrons. The number of carbonyl (C=O) groups is 1. The highest BCUT2D eigenvalue weighted by Crippen LogP contribution is 2.00. The number of nitrogens with one attached hydrogen (secondary N) is 2. The molecule has 0 aliphatic carbocycles. The average Bonchev–Trinajstić information content (AvgIpc) is 2.64. The molecule has 5 N–H and O–H groups in total. The number of hydrogen-bond acceptors (Lipinski definition) is 5. The van der Waals surface area contributed by atoms with Gasteiger partial charge in [0.05, 0.1) is 19.3 Å². The van der Waals surface area contributed by atoms with E-state index in [2.05, 4.69) is 15.5 Å². The van der Waals surface area contributed by atoms with E-state index in [1.807, 2.05) is 0 Å². The Morgan fingerprint density at radius 2 is 2.60 bits per heavy atom. The number of aromatic amines is 1. The van der Waals surface area contributed by atoms with Gasteiger partial charge in [-0.3, -0.25) is 9.89 Å². The van der Waals surface area contributed by atoms with Gasteiger partial charge in [0.1, 0.15) is 11.5 Å². The van der Waals surface area contributed by atoms with Gasteiger partial charge in [0, 0.05) is 13.2 Å². The topological polar surface area (TPSA) is 113 Å². The lowest BCUT2D eigenvalue weighted by molar-refractivity contribution is 0.0835. The molecule has 0 aliphatic heterocycles. The largest absolute Gasteiger partial charge is 0.394 e. The fourth-order valence-corrected chi connectivity index (χ4v) is 1.06. The summed E-state index contributed by atoms with van der Waals surface area (Å²) >= 11 is 0. The number of nitrogen functional groups attached to an aromatic ring is 1. The molecule has 1 heterocycles. The van der Waals surface area contributed by atoms with Gasteiger partial charge in [-0.15, -0.1) is 0 Å². The Kier molecular flexibility index (Phi) is 4.07. The Hall–Kier alpha value is -1.60. The van der Waals surface area contributed by atoms with Crippen LogP contribution in [0.15, 0.2) is 6.07 Å². The summed E-state index contributed by atoms with van der Waals surface area (Å²) < 4.78 is 4.81. The smallest absolute Gasteiger partial charge is 0.269 e. The minimum Gasteiger partial charge on any atom is -0.394 e. The minimum absolute atomic E-state index is 0.191. The van der Waals surface area contributed by atoms with Crippen molar-refractivity contribution in [3.05, 3.63) is 11.8 Å². The third-order valence-corrected chi connectivity index (χ3v) is 1.77. The second-order valence-corrected chi connectivity index (χ2v) is 3.01. The first-order valence-corrected chi connectivity index (χ1v) is 4.39. The maximum Gasteiger partial charge on any atom is 0.269 e. The molecule has 0 fully saturated rings. The number of aliphatic hydroxyl groups excluding tert-OH is 1. The molecular formula is C8H14N4O3. The van der Waals surface area contributed by atoms with E-state index in [1.54, 1.807) is 0 Å². The standard InChI is InChI=1S/C8H14N4O3/c1-15-4-5(3-13)10-8(14)6-2-7(9)12-11-6/h2,5,13H,3-4H2,1H3,(H,10,14)(H3,9,11,12). The van der Waals surface area contributed by atoms with E-state index in [9.17, 15) is 4.79 Å². The third kappa shape index (κ3) is 3.22. The molecule has 1 aromatic rings. The van der Waals surface area contributed by atoms with E-state index in [-0.39, 0.29) is 30.6 Å². The predicted octanol–water partition coefficient (Wildman–Crippen LogP) is -1.27. The van der Waals surface area contributed by atoms with Crippen LogP contribution < -0.4 is 11.1 Å². The van der Waals surface area contributed by atoms with Crippen molar-refractivity contribution in [1.82, 2.24) is 15.5 Å². The number of nitrogens with two attached hydrogens (primary N) is 1. The van der Waals surface area contributed by atoms with Crippen LogP contribution in [0.5, 0.6) is 0 Å². The number of methoxy groups -OCH3 is 1. The summed E-state index contributed by atoms with van der Waals surface area (Å²) in [6.07, 6.45) is 0. The van der Waals surface area contributed by atoms with Gasteiger partial charge in [-0.1, -0.05) is 0 Å². The number of H-pyrrole nitrogens is 1. The molecule has 0 saturated carbocycles. The van der Waals surface area contributed by atoms with Gasteiger partial charge in [-0.2, -0.15) is 5.10 Å². The number of hydrogen-bond donors (Lipinski definition) is 4. The molecule has 0 spiro atoms. The molecule has 1 aromatic heterocycles. The van der Waals surface area contributed by atoms with E-state index >= 15 is 0 Å². The Morgan fingerprint density at radius 1 is 1.87 bits per heavy atom. The van der Waals surface area contributed by atoms with Crippen LogP contribution in [0.2, 0.25) is 0 Å². The van der Waals surface area contributed by atoms with Crippen LogP contribution >= 0.6 is 0 Å². The Balaban J connectivity index is 2.54. The van der Waals surface area contributed by atoms with Gasteiger partial charge in [0.15, 0.2) is 0 Å². The predicted molar refractivity (Wildman–Crippen MR) is 53.2 cm³/mol. The molecule has 0 aliphatic rings. The lowest BCUT2D eigenvalue weighted by atomic mass is 10.3. The summed E-state index contributed by atoms with van der Waals surface area (Å²) in [5.41, 5.74) is 5.59. The van der Waals surface area contributed by atoms with Crippen molar-refractivity contribution >= 4 is 11.7 Å². The van der Waals surface area contributed by atoms with E-state index in [4.69, 9.17) is 15.6 Å². The molecule has 0 bridgehead atoms. The van der Waals surface area contributed by atoms with Crippen LogP contribution in [-0.4, -0.2) is 47.6 Å². The van der Waals surface area contributed by atoms with Crippen molar-refractivity contribution in [3.63, 3.8) is 0 Å². The Morgan fingerprint density at radius 3 is 3.07 bits per heavy atom.